The Bertz CT molecular complexity index is 1580. The third-order valence-electron chi connectivity index (χ3n) is 10.1. The summed E-state index contributed by atoms with van der Waals surface area (Å²) in [6, 6.07) is 12.1. The second-order valence-electron chi connectivity index (χ2n) is 13.9. The van der Waals surface area contributed by atoms with E-state index in [0.717, 1.165) is 11.1 Å². The van der Waals surface area contributed by atoms with Crippen LogP contribution in [0, 0.1) is 24.7 Å². The number of nitrogens with one attached hydrogen (secondary N) is 1. The predicted octanol–water partition coefficient (Wildman–Crippen LogP) is 5.32. The van der Waals surface area contributed by atoms with E-state index in [4.69, 9.17) is 21.1 Å². The number of nitrogens with zero attached hydrogens (tertiary/aromatic N) is 2. The number of allylic oxidation sites excluding steroid dienone is 1. The van der Waals surface area contributed by atoms with Crippen LogP contribution in [0.5, 0.6) is 0 Å². The number of ether oxygens (including phenoxy) is 2. The quantitative estimate of drug-likeness (QED) is 0.179. The fourth-order valence-electron chi connectivity index (χ4n) is 8.06. The van der Waals surface area contributed by atoms with Gasteiger partial charge in [0.1, 0.15) is 18.2 Å². The molecule has 3 aliphatic heterocycles. The molecule has 7 atom stereocenters. The van der Waals surface area contributed by atoms with Gasteiger partial charge in [0.15, 0.2) is 0 Å². The molecule has 0 unspecified atom stereocenters. The van der Waals surface area contributed by atoms with Crippen LogP contribution in [0.3, 0.4) is 0 Å². The smallest absolute Gasteiger partial charge is 0.306 e. The molecule has 2 aromatic carbocycles. The third-order valence-corrected chi connectivity index (χ3v) is 10.4. The van der Waals surface area contributed by atoms with Crippen molar-refractivity contribution in [1.82, 2.24) is 10.2 Å². The van der Waals surface area contributed by atoms with Crippen LogP contribution >= 0.6 is 11.6 Å². The summed E-state index contributed by atoms with van der Waals surface area (Å²) in [5.74, 6) is -3.42. The Hall–Kier alpha value is -3.99. The highest BCUT2D eigenvalue weighted by atomic mass is 35.5. The number of hydrogen-bond donors (Lipinski definition) is 2. The van der Waals surface area contributed by atoms with Gasteiger partial charge in [-0.25, -0.2) is 0 Å². The van der Waals surface area contributed by atoms with Crippen molar-refractivity contribution in [3.63, 3.8) is 0 Å². The number of fused-ring (bicyclic) bond motifs is 1. The maximum Gasteiger partial charge on any atom is 0.306 e. The van der Waals surface area contributed by atoms with E-state index in [1.54, 1.807) is 24.3 Å². The fourth-order valence-corrected chi connectivity index (χ4v) is 8.38. The van der Waals surface area contributed by atoms with E-state index in [2.05, 4.69) is 18.5 Å². The lowest BCUT2D eigenvalue weighted by atomic mass is 9.70. The normalized spacial score (nSPS) is 24.8. The first kappa shape index (κ1) is 37.3. The largest absolute Gasteiger partial charge is 0.463 e. The van der Waals surface area contributed by atoms with Gasteiger partial charge < -0.3 is 29.7 Å². The molecule has 3 amide bonds. The van der Waals surface area contributed by atoms with Gasteiger partial charge in [0, 0.05) is 13.0 Å². The summed E-state index contributed by atoms with van der Waals surface area (Å²) in [6.07, 6.45) is 4.56. The molecule has 3 saturated heterocycles. The molecule has 0 radical (unpaired) electrons. The Morgan fingerprint density at radius 2 is 1.90 bits per heavy atom. The van der Waals surface area contributed by atoms with Gasteiger partial charge in [-0.15, -0.1) is 13.2 Å². The number of anilines is 1. The molecule has 268 valence electrons. The molecule has 1 spiro atoms. The van der Waals surface area contributed by atoms with E-state index in [0.29, 0.717) is 36.4 Å². The highest BCUT2D eigenvalue weighted by Crippen LogP contribution is 2.59. The third kappa shape index (κ3) is 7.11. The van der Waals surface area contributed by atoms with E-state index in [-0.39, 0.29) is 32.1 Å². The van der Waals surface area contributed by atoms with Crippen molar-refractivity contribution in [3.8, 4) is 0 Å². The van der Waals surface area contributed by atoms with Gasteiger partial charge in [0.25, 0.3) is 5.91 Å². The molecular formula is C39H48ClN3O7. The van der Waals surface area contributed by atoms with Gasteiger partial charge >= 0.3 is 5.97 Å². The summed E-state index contributed by atoms with van der Waals surface area (Å²) in [7, 11) is 0. The van der Waals surface area contributed by atoms with Gasteiger partial charge in [-0.2, -0.15) is 0 Å². The second-order valence-corrected chi connectivity index (χ2v) is 14.3. The lowest BCUT2D eigenvalue weighted by Crippen LogP contribution is -2.59. The average Bonchev–Trinajstić information content (AvgIpc) is 3.74. The lowest BCUT2D eigenvalue weighted by molar-refractivity contribution is -0.146. The Morgan fingerprint density at radius 1 is 1.16 bits per heavy atom. The number of esters is 1. The predicted molar refractivity (Wildman–Crippen MR) is 191 cm³/mol. The van der Waals surface area contributed by atoms with E-state index in [9.17, 15) is 24.3 Å². The fraction of sp³-hybridized carbons (Fsp3) is 0.487. The summed E-state index contributed by atoms with van der Waals surface area (Å²) >= 11 is 6.69. The minimum Gasteiger partial charge on any atom is -0.463 e. The molecule has 0 aliphatic carbocycles. The molecule has 5 rings (SSSR count). The van der Waals surface area contributed by atoms with E-state index in [1.165, 1.54) is 9.80 Å². The van der Waals surface area contributed by atoms with E-state index >= 15 is 0 Å². The van der Waals surface area contributed by atoms with Gasteiger partial charge in [-0.3, -0.25) is 19.2 Å². The SMILES string of the molecule is C=CCCC(=O)OC[C@@H](NC(=O)[C@@H]1[C@H]2C(=O)N([C@@H](CO)CC(C)C)[C@H](C(=O)N(CC=C)c3c(C)cccc3Cl)[C@]23CC[C@H]1O3)c1ccccc1. The van der Waals surface area contributed by atoms with Crippen molar-refractivity contribution < 1.29 is 33.8 Å². The zero-order valence-corrected chi connectivity index (χ0v) is 29.8. The number of aliphatic hydroxyl groups is 1. The summed E-state index contributed by atoms with van der Waals surface area (Å²) in [4.78, 5) is 59.6. The summed E-state index contributed by atoms with van der Waals surface area (Å²) < 4.78 is 12.2. The van der Waals surface area contributed by atoms with Crippen molar-refractivity contribution in [2.24, 2.45) is 17.8 Å². The molecule has 10 nitrogen and oxygen atoms in total. The van der Waals surface area contributed by atoms with Crippen LogP contribution in [0.15, 0.2) is 73.8 Å². The number of aliphatic hydroxyl groups excluding tert-OH is 1. The molecule has 3 fully saturated rings. The number of halogens is 1. The highest BCUT2D eigenvalue weighted by Gasteiger charge is 2.75. The van der Waals surface area contributed by atoms with Gasteiger partial charge in [-0.1, -0.05) is 80.1 Å². The first-order valence-electron chi connectivity index (χ1n) is 17.4. The van der Waals surface area contributed by atoms with Crippen LogP contribution in [-0.4, -0.2) is 77.2 Å². The number of likely N-dealkylation sites (tertiary alicyclic amines) is 1. The van der Waals surface area contributed by atoms with Gasteiger partial charge in [-0.05, 0) is 55.7 Å². The molecule has 3 aliphatic rings. The number of amides is 3. The Morgan fingerprint density at radius 3 is 2.54 bits per heavy atom. The van der Waals surface area contributed by atoms with E-state index < -0.39 is 65.4 Å². The number of benzene rings is 2. The van der Waals surface area contributed by atoms with Crippen LogP contribution in [0.2, 0.25) is 5.02 Å². The minimum absolute atomic E-state index is 0.0981. The first-order valence-corrected chi connectivity index (χ1v) is 17.8. The number of hydrogen-bond acceptors (Lipinski definition) is 7. The maximum absolute atomic E-state index is 15.0. The molecule has 3 heterocycles. The minimum atomic E-state index is -1.31. The molecule has 0 saturated carbocycles. The molecular weight excluding hydrogens is 658 g/mol. The second kappa shape index (κ2) is 15.9. The Balaban J connectivity index is 1.52. The van der Waals surface area contributed by atoms with E-state index in [1.807, 2.05) is 57.2 Å². The monoisotopic (exact) mass is 705 g/mol. The topological polar surface area (TPSA) is 125 Å². The number of carbonyl (C=O) groups excluding carboxylic acids is 4. The van der Waals surface area contributed by atoms with Crippen molar-refractivity contribution in [2.45, 2.75) is 82.7 Å². The Labute approximate surface area is 299 Å². The van der Waals surface area contributed by atoms with Crippen molar-refractivity contribution >= 4 is 41.0 Å². The number of para-hydroxylation sites is 1. The van der Waals surface area contributed by atoms with Gasteiger partial charge in [0.2, 0.25) is 11.8 Å². The van der Waals surface area contributed by atoms with Crippen LogP contribution in [-0.2, 0) is 28.7 Å². The number of aryl methyl sites for hydroxylation is 1. The molecule has 11 heteroatoms. The number of rotatable bonds is 16. The lowest BCUT2D eigenvalue weighted by Gasteiger charge is -2.40. The first-order chi connectivity index (χ1) is 24.0. The molecule has 2 aromatic rings. The van der Waals surface area contributed by atoms with Crippen LogP contribution in [0.1, 0.15) is 63.1 Å². The molecule has 50 heavy (non-hydrogen) atoms. The van der Waals surface area contributed by atoms with Crippen LogP contribution < -0.4 is 10.2 Å². The average molecular weight is 706 g/mol. The molecule has 0 aromatic heterocycles. The standard InChI is InChI=1S/C39H48ClN3O7/c1-6-8-17-31(45)49-23-29(26-14-10-9-11-15-26)41-36(46)32-30-18-19-39(50-30)33(32)37(47)43(27(22-44)21-24(3)4)35(39)38(48)42(20-7-2)34-25(5)13-12-16-28(34)40/h6-7,9-16,24,27,29-30,32-33,35,44H,1-2,8,17-23H2,3-5H3,(H,41,46)/t27-,29-,30-,32+,33+,35-,39+/m1/s1. The van der Waals surface area contributed by atoms with Crippen LogP contribution in [0.4, 0.5) is 5.69 Å². The summed E-state index contributed by atoms with van der Waals surface area (Å²) in [6.45, 7) is 13.0. The zero-order valence-electron chi connectivity index (χ0n) is 29.1. The Kier molecular flexibility index (Phi) is 11.9. The van der Waals surface area contributed by atoms with Gasteiger partial charge in [0.05, 0.1) is 47.3 Å². The maximum atomic E-state index is 15.0. The highest BCUT2D eigenvalue weighted by molar-refractivity contribution is 6.34. The molecule has 2 N–H and O–H groups in total. The number of carbonyl (C=O) groups is 4. The summed E-state index contributed by atoms with van der Waals surface area (Å²) in [5.41, 5.74) is 0.700. The van der Waals surface area contributed by atoms with Crippen molar-refractivity contribution in [1.29, 1.82) is 0 Å². The summed E-state index contributed by atoms with van der Waals surface area (Å²) in [5, 5.41) is 14.1. The zero-order chi connectivity index (χ0) is 36.2. The van der Waals surface area contributed by atoms with Crippen molar-refractivity contribution in [2.75, 3.05) is 24.7 Å². The van der Waals surface area contributed by atoms with Crippen LogP contribution in [0.25, 0.3) is 0 Å². The van der Waals surface area contributed by atoms with Crippen molar-refractivity contribution in [3.05, 3.63) is 90.0 Å². The molecule has 2 bridgehead atoms.